The third-order valence-corrected chi connectivity index (χ3v) is 2.83. The van der Waals surface area contributed by atoms with Crippen LogP contribution >= 0.6 is 0 Å². The van der Waals surface area contributed by atoms with E-state index in [-0.39, 0.29) is 0 Å². The average molecular weight is 304 g/mol. The molecule has 0 aromatic heterocycles. The predicted octanol–water partition coefficient (Wildman–Crippen LogP) is -1.25. The zero-order chi connectivity index (χ0) is 16.5. The van der Waals surface area contributed by atoms with Gasteiger partial charge in [-0.25, -0.2) is 0 Å². The van der Waals surface area contributed by atoms with Crippen molar-refractivity contribution in [3.63, 3.8) is 0 Å². The Morgan fingerprint density at radius 3 is 1.18 bits per heavy atom. The fourth-order valence-corrected chi connectivity index (χ4v) is 1.76. The van der Waals surface area contributed by atoms with Gasteiger partial charge in [-0.1, -0.05) is 36.4 Å². The fourth-order valence-electron chi connectivity index (χ4n) is 1.76. The second-order valence-corrected chi connectivity index (χ2v) is 4.23. The molecular weight excluding hydrogens is 286 g/mol. The minimum atomic E-state index is -1.47. The van der Waals surface area contributed by atoms with Crippen molar-refractivity contribution in [2.75, 3.05) is 14.2 Å². The Morgan fingerprint density at radius 1 is 0.636 bits per heavy atom. The van der Waals surface area contributed by atoms with Crippen LogP contribution < -0.4 is 20.4 Å². The molecule has 8 heteroatoms. The van der Waals surface area contributed by atoms with Crippen LogP contribution in [-0.4, -0.2) is 48.6 Å². The summed E-state index contributed by atoms with van der Waals surface area (Å²) in [6.07, 6.45) is 0. The average Bonchev–Trinajstić information content (AvgIpc) is 2.55. The molecule has 0 spiro atoms. The predicted molar refractivity (Wildman–Crippen MR) is 85.6 cm³/mol. The monoisotopic (exact) mass is 304 g/mol. The van der Waals surface area contributed by atoms with Crippen molar-refractivity contribution < 1.29 is 29.6 Å². The van der Waals surface area contributed by atoms with E-state index in [9.17, 15) is 0 Å². The number of benzene rings is 2. The van der Waals surface area contributed by atoms with Gasteiger partial charge in [-0.05, 0) is 12.1 Å². The topological polar surface area (TPSA) is 99.4 Å². The fraction of sp³-hybridized carbons (Fsp3) is 0.143. The van der Waals surface area contributed by atoms with Gasteiger partial charge in [0.2, 0.25) is 0 Å². The van der Waals surface area contributed by atoms with Crippen LogP contribution in [0.2, 0.25) is 0 Å². The Labute approximate surface area is 129 Å². The zero-order valence-electron chi connectivity index (χ0n) is 12.4. The summed E-state index contributed by atoms with van der Waals surface area (Å²) in [6, 6.07) is 13.5. The van der Waals surface area contributed by atoms with E-state index in [0.717, 1.165) is 0 Å². The Bertz CT molecular complexity index is 525. The summed E-state index contributed by atoms with van der Waals surface area (Å²) in [5, 5.41) is 35.2. The molecule has 0 amide bonds. The summed E-state index contributed by atoms with van der Waals surface area (Å²) in [4.78, 5) is 0. The first-order chi connectivity index (χ1) is 10.5. The lowest BCUT2D eigenvalue weighted by Crippen LogP contribution is -2.30. The summed E-state index contributed by atoms with van der Waals surface area (Å²) in [7, 11) is 0.0416. The molecule has 0 aliphatic heterocycles. The number of hydrogen-bond donors (Lipinski definition) is 4. The molecule has 2 aromatic carbocycles. The van der Waals surface area contributed by atoms with Crippen molar-refractivity contribution in [3.05, 3.63) is 48.5 Å². The third kappa shape index (κ3) is 5.09. The van der Waals surface area contributed by atoms with Gasteiger partial charge in [-0.15, -0.1) is 0 Å². The highest BCUT2D eigenvalue weighted by Gasteiger charge is 2.15. The van der Waals surface area contributed by atoms with Gasteiger partial charge in [0.15, 0.2) is 0 Å². The first kappa shape index (κ1) is 18.1. The summed E-state index contributed by atoms with van der Waals surface area (Å²) in [5.41, 5.74) is 0.769. The smallest absolute Gasteiger partial charge is 0.492 e. The van der Waals surface area contributed by atoms with Crippen LogP contribution in [0.15, 0.2) is 48.5 Å². The molecule has 0 heterocycles. The standard InChI is InChI=1S/2C7H9BO3/c2*1-11-7-5-3-2-4-6(7)8(9)10/h2*2-5,9-10H,1H3. The molecule has 0 saturated carbocycles. The van der Waals surface area contributed by atoms with Gasteiger partial charge < -0.3 is 29.6 Å². The second kappa shape index (κ2) is 9.11. The normalized spacial score (nSPS) is 9.36. The quantitative estimate of drug-likeness (QED) is 0.527. The van der Waals surface area contributed by atoms with E-state index >= 15 is 0 Å². The Hall–Kier alpha value is -1.99. The number of para-hydroxylation sites is 2. The van der Waals surface area contributed by atoms with Crippen LogP contribution in [0.1, 0.15) is 0 Å². The molecule has 0 aliphatic carbocycles. The van der Waals surface area contributed by atoms with Gasteiger partial charge >= 0.3 is 14.2 Å². The lowest BCUT2D eigenvalue weighted by atomic mass is 9.80. The molecule has 2 aromatic rings. The first-order valence-electron chi connectivity index (χ1n) is 6.49. The highest BCUT2D eigenvalue weighted by atomic mass is 16.5. The van der Waals surface area contributed by atoms with E-state index in [4.69, 9.17) is 29.6 Å². The number of methoxy groups -OCH3 is 2. The summed E-state index contributed by atoms with van der Waals surface area (Å²) >= 11 is 0. The minimum Gasteiger partial charge on any atom is -0.497 e. The highest BCUT2D eigenvalue weighted by molar-refractivity contribution is 6.60. The molecule has 0 fully saturated rings. The zero-order valence-corrected chi connectivity index (χ0v) is 12.4. The molecule has 2 rings (SSSR count). The second-order valence-electron chi connectivity index (χ2n) is 4.23. The van der Waals surface area contributed by atoms with Crippen LogP contribution in [0.3, 0.4) is 0 Å². The maximum atomic E-state index is 8.81. The lowest BCUT2D eigenvalue weighted by molar-refractivity contribution is 0.402. The molecule has 0 bridgehead atoms. The Kier molecular flexibility index (Phi) is 7.48. The van der Waals surface area contributed by atoms with Gasteiger partial charge in [0.05, 0.1) is 14.2 Å². The van der Waals surface area contributed by atoms with Gasteiger partial charge in [0, 0.05) is 10.9 Å². The van der Waals surface area contributed by atoms with Gasteiger partial charge in [-0.3, -0.25) is 0 Å². The largest absolute Gasteiger partial charge is 0.497 e. The van der Waals surface area contributed by atoms with E-state index in [1.54, 1.807) is 48.5 Å². The number of hydrogen-bond acceptors (Lipinski definition) is 6. The van der Waals surface area contributed by atoms with Crippen molar-refractivity contribution in [1.29, 1.82) is 0 Å². The van der Waals surface area contributed by atoms with E-state index < -0.39 is 14.2 Å². The number of rotatable bonds is 4. The van der Waals surface area contributed by atoms with Crippen LogP contribution in [0.25, 0.3) is 0 Å². The molecule has 0 unspecified atom stereocenters. The summed E-state index contributed by atoms with van der Waals surface area (Å²) in [5.74, 6) is 0.977. The summed E-state index contributed by atoms with van der Waals surface area (Å²) in [6.45, 7) is 0. The minimum absolute atomic E-state index is 0.384. The molecule has 0 radical (unpaired) electrons. The molecule has 4 N–H and O–H groups in total. The lowest BCUT2D eigenvalue weighted by Gasteiger charge is -2.05. The van der Waals surface area contributed by atoms with Gasteiger partial charge in [0.1, 0.15) is 11.5 Å². The van der Waals surface area contributed by atoms with Crippen molar-refractivity contribution in [2.45, 2.75) is 0 Å². The van der Waals surface area contributed by atoms with Crippen molar-refractivity contribution in [3.8, 4) is 11.5 Å². The van der Waals surface area contributed by atoms with Crippen molar-refractivity contribution >= 4 is 25.2 Å². The van der Waals surface area contributed by atoms with Crippen molar-refractivity contribution in [2.24, 2.45) is 0 Å². The van der Waals surface area contributed by atoms with Crippen LogP contribution in [0.4, 0.5) is 0 Å². The van der Waals surface area contributed by atoms with Crippen LogP contribution in [-0.2, 0) is 0 Å². The van der Waals surface area contributed by atoms with E-state index in [2.05, 4.69) is 0 Å². The molecule has 0 aliphatic rings. The number of ether oxygens (including phenoxy) is 2. The van der Waals surface area contributed by atoms with E-state index in [1.807, 2.05) is 0 Å². The first-order valence-corrected chi connectivity index (χ1v) is 6.49. The van der Waals surface area contributed by atoms with Crippen LogP contribution in [0.5, 0.6) is 11.5 Å². The van der Waals surface area contributed by atoms with Gasteiger partial charge in [0.25, 0.3) is 0 Å². The molecule has 22 heavy (non-hydrogen) atoms. The van der Waals surface area contributed by atoms with Crippen LogP contribution in [0, 0.1) is 0 Å². The van der Waals surface area contributed by atoms with Gasteiger partial charge in [-0.2, -0.15) is 0 Å². The van der Waals surface area contributed by atoms with Crippen molar-refractivity contribution in [1.82, 2.24) is 0 Å². The molecule has 0 saturated heterocycles. The molecular formula is C14H18B2O6. The van der Waals surface area contributed by atoms with E-state index in [1.165, 1.54) is 14.2 Å². The maximum absolute atomic E-state index is 8.81. The maximum Gasteiger partial charge on any atom is 0.492 e. The highest BCUT2D eigenvalue weighted by Crippen LogP contribution is 2.05. The molecule has 6 nitrogen and oxygen atoms in total. The van der Waals surface area contributed by atoms with E-state index in [0.29, 0.717) is 22.4 Å². The SMILES string of the molecule is COc1ccccc1B(O)O.COc1ccccc1B(O)O. The third-order valence-electron chi connectivity index (χ3n) is 2.83. The summed E-state index contributed by atoms with van der Waals surface area (Å²) < 4.78 is 9.77. The Balaban J connectivity index is 0.000000220. The molecule has 0 atom stereocenters. The molecule has 116 valence electrons. The Morgan fingerprint density at radius 2 is 0.955 bits per heavy atom.